The third kappa shape index (κ3) is 3.37. The Balaban J connectivity index is 1.68. The highest BCUT2D eigenvalue weighted by molar-refractivity contribution is 6.04. The molecule has 0 saturated heterocycles. The summed E-state index contributed by atoms with van der Waals surface area (Å²) in [5.41, 5.74) is 2.16. The number of fused-ring (bicyclic) bond motifs is 1. The van der Waals surface area contributed by atoms with Gasteiger partial charge in [-0.25, -0.2) is 4.98 Å². The van der Waals surface area contributed by atoms with E-state index in [1.165, 1.54) is 0 Å². The first kappa shape index (κ1) is 16.8. The Labute approximate surface area is 156 Å². The lowest BCUT2D eigenvalue weighted by atomic mass is 10.2. The fourth-order valence-corrected chi connectivity index (χ4v) is 2.89. The second-order valence-electron chi connectivity index (χ2n) is 6.13. The van der Waals surface area contributed by atoms with Crippen molar-refractivity contribution in [2.45, 2.75) is 6.92 Å². The fraction of sp³-hybridized carbons (Fsp3) is 0.0952. The number of nitrogens with zero attached hydrogens (tertiary/aromatic N) is 3. The quantitative estimate of drug-likeness (QED) is 0.599. The zero-order valence-corrected chi connectivity index (χ0v) is 15.0. The number of aryl methyl sites for hydroxylation is 1. The van der Waals surface area contributed by atoms with Gasteiger partial charge in [0, 0.05) is 17.0 Å². The minimum absolute atomic E-state index is 0.240. The van der Waals surface area contributed by atoms with Crippen LogP contribution >= 0.6 is 0 Å². The minimum Gasteiger partial charge on any atom is -0.497 e. The molecule has 0 radical (unpaired) electrons. The lowest BCUT2D eigenvalue weighted by Crippen LogP contribution is -2.15. The molecule has 27 heavy (non-hydrogen) atoms. The van der Waals surface area contributed by atoms with Crippen molar-refractivity contribution in [2.24, 2.45) is 0 Å². The predicted octanol–water partition coefficient (Wildman–Crippen LogP) is 3.99. The second kappa shape index (κ2) is 6.92. The molecule has 0 spiro atoms. The molecule has 0 aliphatic carbocycles. The van der Waals surface area contributed by atoms with Gasteiger partial charge in [-0.2, -0.15) is 9.78 Å². The van der Waals surface area contributed by atoms with E-state index in [2.05, 4.69) is 15.4 Å². The summed E-state index contributed by atoms with van der Waals surface area (Å²) in [7, 11) is 1.57. The summed E-state index contributed by atoms with van der Waals surface area (Å²) in [5.74, 6) is 1.59. The van der Waals surface area contributed by atoms with Gasteiger partial charge in [0.15, 0.2) is 5.82 Å². The molecule has 2 heterocycles. The number of amides is 1. The van der Waals surface area contributed by atoms with Gasteiger partial charge in [-0.1, -0.05) is 24.3 Å². The van der Waals surface area contributed by atoms with Gasteiger partial charge in [0.05, 0.1) is 18.3 Å². The first-order chi connectivity index (χ1) is 13.1. The average Bonchev–Trinajstić information content (AvgIpc) is 3.07. The van der Waals surface area contributed by atoms with Crippen LogP contribution < -0.4 is 10.1 Å². The SMILES string of the molecule is COc1cccc(C(=O)Nc2cc(C)nn2-c2ccc3ccccc3n2)c1. The molecule has 0 unspecified atom stereocenters. The molecule has 0 aliphatic rings. The number of rotatable bonds is 4. The number of hydrogen-bond donors (Lipinski definition) is 1. The number of anilines is 1. The van der Waals surface area contributed by atoms with Gasteiger partial charge in [-0.15, -0.1) is 0 Å². The number of carbonyl (C=O) groups is 1. The monoisotopic (exact) mass is 358 g/mol. The Morgan fingerprint density at radius 1 is 1.04 bits per heavy atom. The molecule has 4 rings (SSSR count). The van der Waals surface area contributed by atoms with E-state index in [0.29, 0.717) is 22.9 Å². The molecule has 2 aromatic carbocycles. The molecule has 0 saturated carbocycles. The topological polar surface area (TPSA) is 69.0 Å². The van der Waals surface area contributed by atoms with E-state index < -0.39 is 0 Å². The van der Waals surface area contributed by atoms with Crippen molar-refractivity contribution in [1.82, 2.24) is 14.8 Å². The molecule has 0 bridgehead atoms. The maximum absolute atomic E-state index is 12.7. The molecule has 2 aromatic heterocycles. The van der Waals surface area contributed by atoms with Crippen molar-refractivity contribution < 1.29 is 9.53 Å². The molecule has 1 amide bonds. The number of hydrogen-bond acceptors (Lipinski definition) is 4. The summed E-state index contributed by atoms with van der Waals surface area (Å²) in [6.45, 7) is 1.87. The molecule has 1 N–H and O–H groups in total. The molecule has 6 nitrogen and oxygen atoms in total. The number of benzene rings is 2. The van der Waals surface area contributed by atoms with E-state index in [4.69, 9.17) is 4.74 Å². The Hall–Kier alpha value is -3.67. The summed E-state index contributed by atoms with van der Waals surface area (Å²) in [6, 6.07) is 20.6. The van der Waals surface area contributed by atoms with Crippen LogP contribution in [0.3, 0.4) is 0 Å². The van der Waals surface area contributed by atoms with Gasteiger partial charge in [-0.3, -0.25) is 4.79 Å². The molecule has 134 valence electrons. The van der Waals surface area contributed by atoms with Gasteiger partial charge < -0.3 is 10.1 Å². The van der Waals surface area contributed by atoms with E-state index in [1.807, 2.05) is 49.4 Å². The first-order valence-corrected chi connectivity index (χ1v) is 8.52. The predicted molar refractivity (Wildman–Crippen MR) is 105 cm³/mol. The number of aromatic nitrogens is 3. The van der Waals surface area contributed by atoms with E-state index >= 15 is 0 Å². The Kier molecular flexibility index (Phi) is 4.30. The van der Waals surface area contributed by atoms with Gasteiger partial charge in [0.25, 0.3) is 5.91 Å². The van der Waals surface area contributed by atoms with Crippen LogP contribution in [0.1, 0.15) is 16.1 Å². The number of pyridine rings is 1. The maximum Gasteiger partial charge on any atom is 0.256 e. The van der Waals surface area contributed by atoms with Gasteiger partial charge in [0.2, 0.25) is 0 Å². The highest BCUT2D eigenvalue weighted by atomic mass is 16.5. The van der Waals surface area contributed by atoms with Crippen molar-refractivity contribution in [1.29, 1.82) is 0 Å². The Morgan fingerprint density at radius 2 is 1.89 bits per heavy atom. The van der Waals surface area contributed by atoms with Crippen LogP contribution in [0.15, 0.2) is 66.7 Å². The van der Waals surface area contributed by atoms with Crippen LogP contribution in [-0.2, 0) is 0 Å². The summed E-state index contributed by atoms with van der Waals surface area (Å²) in [4.78, 5) is 17.3. The van der Waals surface area contributed by atoms with Crippen LogP contribution in [0.5, 0.6) is 5.75 Å². The molecular weight excluding hydrogens is 340 g/mol. The second-order valence-corrected chi connectivity index (χ2v) is 6.13. The third-order valence-electron chi connectivity index (χ3n) is 4.21. The first-order valence-electron chi connectivity index (χ1n) is 8.52. The van der Waals surface area contributed by atoms with Crippen molar-refractivity contribution >= 4 is 22.6 Å². The highest BCUT2D eigenvalue weighted by Gasteiger charge is 2.14. The molecule has 6 heteroatoms. The van der Waals surface area contributed by atoms with Crippen LogP contribution in [0, 0.1) is 6.92 Å². The normalized spacial score (nSPS) is 10.7. The largest absolute Gasteiger partial charge is 0.497 e. The average molecular weight is 358 g/mol. The van der Waals surface area contributed by atoms with E-state index in [1.54, 1.807) is 36.1 Å². The summed E-state index contributed by atoms with van der Waals surface area (Å²) in [5, 5.41) is 8.44. The van der Waals surface area contributed by atoms with Crippen LogP contribution in [0.2, 0.25) is 0 Å². The van der Waals surface area contributed by atoms with E-state index in [-0.39, 0.29) is 5.91 Å². The van der Waals surface area contributed by atoms with Crippen molar-refractivity contribution in [2.75, 3.05) is 12.4 Å². The molecular formula is C21H18N4O2. The Bertz CT molecular complexity index is 1130. The lowest BCUT2D eigenvalue weighted by molar-refractivity contribution is 0.102. The number of carbonyl (C=O) groups excluding carboxylic acids is 1. The summed E-state index contributed by atoms with van der Waals surface area (Å²) < 4.78 is 6.82. The van der Waals surface area contributed by atoms with Gasteiger partial charge >= 0.3 is 0 Å². The van der Waals surface area contributed by atoms with Crippen LogP contribution in [0.25, 0.3) is 16.7 Å². The maximum atomic E-state index is 12.7. The summed E-state index contributed by atoms with van der Waals surface area (Å²) >= 11 is 0. The van der Waals surface area contributed by atoms with Crippen LogP contribution in [-0.4, -0.2) is 27.8 Å². The standard InChI is InChI=1S/C21H18N4O2/c1-14-12-20(23-21(26)16-7-5-8-17(13-16)27-2)25(24-14)19-11-10-15-6-3-4-9-18(15)22-19/h3-13H,1-2H3,(H,23,26). The number of methoxy groups -OCH3 is 1. The highest BCUT2D eigenvalue weighted by Crippen LogP contribution is 2.20. The molecule has 0 atom stereocenters. The van der Waals surface area contributed by atoms with Gasteiger partial charge in [0.1, 0.15) is 11.6 Å². The zero-order valence-electron chi connectivity index (χ0n) is 15.0. The lowest BCUT2D eigenvalue weighted by Gasteiger charge is -2.09. The molecule has 4 aromatic rings. The number of ether oxygens (including phenoxy) is 1. The Morgan fingerprint density at radius 3 is 2.74 bits per heavy atom. The van der Waals surface area contributed by atoms with Crippen molar-refractivity contribution in [3.8, 4) is 11.6 Å². The molecule has 0 aliphatic heterocycles. The van der Waals surface area contributed by atoms with E-state index in [9.17, 15) is 4.79 Å². The number of para-hydroxylation sites is 1. The van der Waals surface area contributed by atoms with E-state index in [0.717, 1.165) is 16.6 Å². The van der Waals surface area contributed by atoms with Crippen molar-refractivity contribution in [3.63, 3.8) is 0 Å². The summed E-state index contributed by atoms with van der Waals surface area (Å²) in [6.07, 6.45) is 0. The van der Waals surface area contributed by atoms with Crippen LogP contribution in [0.4, 0.5) is 5.82 Å². The third-order valence-corrected chi connectivity index (χ3v) is 4.21. The smallest absolute Gasteiger partial charge is 0.256 e. The van der Waals surface area contributed by atoms with Gasteiger partial charge in [-0.05, 0) is 43.3 Å². The van der Waals surface area contributed by atoms with Crippen molar-refractivity contribution in [3.05, 3.63) is 78.0 Å². The zero-order chi connectivity index (χ0) is 18.8. The molecule has 0 fully saturated rings. The fourth-order valence-electron chi connectivity index (χ4n) is 2.89. The minimum atomic E-state index is -0.240. The number of nitrogens with one attached hydrogen (secondary N) is 1.